The van der Waals surface area contributed by atoms with Crippen molar-refractivity contribution in [3.05, 3.63) is 59.7 Å². The van der Waals surface area contributed by atoms with Crippen molar-refractivity contribution in [3.8, 4) is 5.75 Å². The Hall–Kier alpha value is -2.49. The molecular weight excluding hydrogens is 290 g/mol. The van der Waals surface area contributed by atoms with Gasteiger partial charge >= 0.3 is 5.97 Å². The number of carboxylic acids is 1. The van der Waals surface area contributed by atoms with Gasteiger partial charge in [-0.15, -0.1) is 0 Å². The van der Waals surface area contributed by atoms with Crippen LogP contribution in [0.5, 0.6) is 5.75 Å². The molecule has 23 heavy (non-hydrogen) atoms. The molecule has 0 aromatic heterocycles. The molecule has 122 valence electrons. The van der Waals surface area contributed by atoms with Gasteiger partial charge in [0.1, 0.15) is 5.75 Å². The molecule has 0 fully saturated rings. The van der Waals surface area contributed by atoms with Crippen LogP contribution in [0.25, 0.3) is 0 Å². The van der Waals surface area contributed by atoms with Gasteiger partial charge in [-0.1, -0.05) is 44.2 Å². The number of hydrogen-bond acceptors (Lipinski definition) is 3. The number of ether oxygens (including phenoxy) is 1. The van der Waals surface area contributed by atoms with Gasteiger partial charge in [0, 0.05) is 5.69 Å². The van der Waals surface area contributed by atoms with Crippen molar-refractivity contribution in [2.45, 2.75) is 26.2 Å². The molecule has 0 spiro atoms. The van der Waals surface area contributed by atoms with Crippen LogP contribution < -0.4 is 10.5 Å². The van der Waals surface area contributed by atoms with Crippen LogP contribution in [0, 0.1) is 5.92 Å². The van der Waals surface area contributed by atoms with Gasteiger partial charge in [0.15, 0.2) is 0 Å². The van der Waals surface area contributed by atoms with Crippen molar-refractivity contribution in [2.24, 2.45) is 5.92 Å². The van der Waals surface area contributed by atoms with Gasteiger partial charge < -0.3 is 15.6 Å². The Morgan fingerprint density at radius 3 is 2.39 bits per heavy atom. The summed E-state index contributed by atoms with van der Waals surface area (Å²) in [6.45, 7) is 4.77. The largest absolute Gasteiger partial charge is 0.493 e. The van der Waals surface area contributed by atoms with E-state index >= 15 is 0 Å². The van der Waals surface area contributed by atoms with Crippen LogP contribution in [-0.4, -0.2) is 17.7 Å². The average molecular weight is 313 g/mol. The summed E-state index contributed by atoms with van der Waals surface area (Å²) in [4.78, 5) is 11.7. The number of hydrogen-bond donors (Lipinski definition) is 2. The summed E-state index contributed by atoms with van der Waals surface area (Å²) < 4.78 is 5.82. The van der Waals surface area contributed by atoms with E-state index in [4.69, 9.17) is 10.5 Å². The van der Waals surface area contributed by atoms with Crippen molar-refractivity contribution in [3.63, 3.8) is 0 Å². The smallest absolute Gasteiger partial charge is 0.311 e. The predicted octanol–water partition coefficient (Wildman–Crippen LogP) is 3.71. The third-order valence-electron chi connectivity index (χ3n) is 3.61. The summed E-state index contributed by atoms with van der Waals surface area (Å²) in [7, 11) is 0. The number of carbonyl (C=O) groups is 1. The molecule has 0 heterocycles. The van der Waals surface area contributed by atoms with Crippen LogP contribution in [0.3, 0.4) is 0 Å². The highest BCUT2D eigenvalue weighted by Crippen LogP contribution is 2.27. The highest BCUT2D eigenvalue weighted by Gasteiger charge is 2.22. The molecule has 0 aliphatic carbocycles. The standard InChI is InChI=1S/C19H23NO3/c1-13(2)12-23-18-6-4-3-5-15(18)11-17(19(21)22)14-7-9-16(20)10-8-14/h3-10,13,17H,11-12,20H2,1-2H3,(H,21,22). The van der Waals surface area contributed by atoms with Crippen LogP contribution >= 0.6 is 0 Å². The molecular formula is C19H23NO3. The quantitative estimate of drug-likeness (QED) is 0.764. The Kier molecular flexibility index (Phi) is 5.63. The van der Waals surface area contributed by atoms with Gasteiger partial charge in [0.05, 0.1) is 12.5 Å². The number of nitrogen functional groups attached to an aromatic ring is 1. The lowest BCUT2D eigenvalue weighted by Crippen LogP contribution is -2.15. The molecule has 0 amide bonds. The Morgan fingerprint density at radius 2 is 1.78 bits per heavy atom. The molecule has 0 bridgehead atoms. The van der Waals surface area contributed by atoms with Crippen molar-refractivity contribution < 1.29 is 14.6 Å². The first-order valence-electron chi connectivity index (χ1n) is 7.76. The second-order valence-electron chi connectivity index (χ2n) is 6.07. The summed E-state index contributed by atoms with van der Waals surface area (Å²) in [5, 5.41) is 9.59. The van der Waals surface area contributed by atoms with E-state index in [1.165, 1.54) is 0 Å². The molecule has 0 aliphatic heterocycles. The lowest BCUT2D eigenvalue weighted by atomic mass is 9.91. The van der Waals surface area contributed by atoms with Crippen molar-refractivity contribution in [2.75, 3.05) is 12.3 Å². The van der Waals surface area contributed by atoms with Crippen LogP contribution in [0.4, 0.5) is 5.69 Å². The van der Waals surface area contributed by atoms with Gasteiger partial charge in [0.25, 0.3) is 0 Å². The fourth-order valence-corrected chi connectivity index (χ4v) is 2.37. The molecule has 0 saturated carbocycles. The molecule has 0 aliphatic rings. The summed E-state index contributed by atoms with van der Waals surface area (Å²) in [6.07, 6.45) is 0.382. The van der Waals surface area contributed by atoms with Gasteiger partial charge in [-0.2, -0.15) is 0 Å². The minimum atomic E-state index is -0.853. The highest BCUT2D eigenvalue weighted by molar-refractivity contribution is 5.77. The van der Waals surface area contributed by atoms with E-state index in [1.54, 1.807) is 24.3 Å². The number of rotatable bonds is 7. The topological polar surface area (TPSA) is 72.5 Å². The number of anilines is 1. The van der Waals surface area contributed by atoms with Crippen LogP contribution in [-0.2, 0) is 11.2 Å². The summed E-state index contributed by atoms with van der Waals surface area (Å²) >= 11 is 0. The third kappa shape index (κ3) is 4.74. The normalized spacial score (nSPS) is 12.1. The minimum absolute atomic E-state index is 0.382. The maximum absolute atomic E-state index is 11.7. The minimum Gasteiger partial charge on any atom is -0.493 e. The molecule has 0 radical (unpaired) electrons. The SMILES string of the molecule is CC(C)COc1ccccc1CC(C(=O)O)c1ccc(N)cc1. The van der Waals surface area contributed by atoms with Crippen molar-refractivity contribution >= 4 is 11.7 Å². The zero-order valence-electron chi connectivity index (χ0n) is 13.5. The highest BCUT2D eigenvalue weighted by atomic mass is 16.5. The molecule has 1 unspecified atom stereocenters. The number of aliphatic carboxylic acids is 1. The fourth-order valence-electron chi connectivity index (χ4n) is 2.37. The van der Waals surface area contributed by atoms with E-state index in [1.807, 2.05) is 24.3 Å². The first kappa shape index (κ1) is 16.9. The van der Waals surface area contributed by atoms with E-state index < -0.39 is 11.9 Å². The first-order valence-corrected chi connectivity index (χ1v) is 7.76. The molecule has 2 aromatic rings. The zero-order chi connectivity index (χ0) is 16.8. The molecule has 0 saturated heterocycles. The Balaban J connectivity index is 2.23. The van der Waals surface area contributed by atoms with Gasteiger partial charge in [-0.25, -0.2) is 0 Å². The monoisotopic (exact) mass is 313 g/mol. The molecule has 2 rings (SSSR count). The Bertz CT molecular complexity index is 650. The van der Waals surface area contributed by atoms with E-state index in [0.717, 1.165) is 16.9 Å². The van der Waals surface area contributed by atoms with Gasteiger partial charge in [-0.3, -0.25) is 4.79 Å². The second-order valence-corrected chi connectivity index (χ2v) is 6.07. The average Bonchev–Trinajstić information content (AvgIpc) is 2.52. The number of benzene rings is 2. The van der Waals surface area contributed by atoms with Gasteiger partial charge in [0.2, 0.25) is 0 Å². The Morgan fingerprint density at radius 1 is 1.13 bits per heavy atom. The zero-order valence-corrected chi connectivity index (χ0v) is 13.5. The van der Waals surface area contributed by atoms with Gasteiger partial charge in [-0.05, 0) is 41.7 Å². The van der Waals surface area contributed by atoms with Crippen LogP contribution in [0.1, 0.15) is 30.9 Å². The van der Waals surface area contributed by atoms with Crippen LogP contribution in [0.2, 0.25) is 0 Å². The fraction of sp³-hybridized carbons (Fsp3) is 0.316. The molecule has 3 N–H and O–H groups in total. The molecule has 1 atom stereocenters. The summed E-state index contributed by atoms with van der Waals surface area (Å²) in [5.74, 6) is -0.314. The lowest BCUT2D eigenvalue weighted by molar-refractivity contribution is -0.138. The van der Waals surface area contributed by atoms with E-state index in [0.29, 0.717) is 24.6 Å². The van der Waals surface area contributed by atoms with E-state index in [2.05, 4.69) is 13.8 Å². The third-order valence-corrected chi connectivity index (χ3v) is 3.61. The Labute approximate surface area is 136 Å². The number of para-hydroxylation sites is 1. The van der Waals surface area contributed by atoms with Crippen LogP contribution in [0.15, 0.2) is 48.5 Å². The molecule has 2 aromatic carbocycles. The first-order chi connectivity index (χ1) is 11.0. The second kappa shape index (κ2) is 7.68. The summed E-state index contributed by atoms with van der Waals surface area (Å²) in [6, 6.07) is 14.6. The van der Waals surface area contributed by atoms with Crippen molar-refractivity contribution in [1.29, 1.82) is 0 Å². The number of nitrogens with two attached hydrogens (primary N) is 1. The van der Waals surface area contributed by atoms with Crippen molar-refractivity contribution in [1.82, 2.24) is 0 Å². The molecule has 4 nitrogen and oxygen atoms in total. The van der Waals surface area contributed by atoms with E-state index in [-0.39, 0.29) is 0 Å². The summed E-state index contributed by atoms with van der Waals surface area (Å²) in [5.41, 5.74) is 7.95. The lowest BCUT2D eigenvalue weighted by Gasteiger charge is -2.17. The molecule has 4 heteroatoms. The van der Waals surface area contributed by atoms with E-state index in [9.17, 15) is 9.90 Å². The predicted molar refractivity (Wildman–Crippen MR) is 91.7 cm³/mol. The maximum Gasteiger partial charge on any atom is 0.311 e. The maximum atomic E-state index is 11.7. The number of carboxylic acid groups (broad SMARTS) is 1.